The first-order chi connectivity index (χ1) is 9.79. The van der Waals surface area contributed by atoms with Crippen molar-refractivity contribution in [2.24, 2.45) is 0 Å². The summed E-state index contributed by atoms with van der Waals surface area (Å²) in [6, 6.07) is 20.4. The maximum atomic E-state index is 5.42. The first-order valence-electron chi connectivity index (χ1n) is 7.16. The Labute approximate surface area is 121 Å². The number of hydrogen-bond acceptors (Lipinski definition) is 2. The molecule has 0 radical (unpaired) electrons. The lowest BCUT2D eigenvalue weighted by Crippen LogP contribution is -2.16. The summed E-state index contributed by atoms with van der Waals surface area (Å²) in [4.78, 5) is 2.50. The largest absolute Gasteiger partial charge is 0.383 e. The van der Waals surface area contributed by atoms with Crippen LogP contribution in [-0.4, -0.2) is 25.2 Å². The highest BCUT2D eigenvalue weighted by atomic mass is 16.5. The standard InChI is InChI=1S/C18H21NO/c1-14-8-10-16(11-9-14)17-12-19(17)18(13-20-2)15-6-4-3-5-7-15/h3-11,17-18H,12-13H2,1-2H3/t17-,18+,19?/m1/s1. The van der Waals surface area contributed by atoms with E-state index in [-0.39, 0.29) is 0 Å². The Morgan fingerprint density at radius 2 is 1.80 bits per heavy atom. The SMILES string of the molecule is COC[C@@H](c1ccccc1)N1C[C@@H]1c1ccc(C)cc1. The van der Waals surface area contributed by atoms with Crippen molar-refractivity contribution in [3.63, 3.8) is 0 Å². The molecule has 3 atom stereocenters. The number of rotatable bonds is 5. The third-order valence-electron chi connectivity index (χ3n) is 4.02. The molecule has 0 N–H and O–H groups in total. The molecule has 1 unspecified atom stereocenters. The van der Waals surface area contributed by atoms with Crippen molar-refractivity contribution >= 4 is 0 Å². The van der Waals surface area contributed by atoms with E-state index in [1.54, 1.807) is 7.11 Å². The van der Waals surface area contributed by atoms with E-state index in [1.807, 2.05) is 0 Å². The molecule has 3 rings (SSSR count). The van der Waals surface area contributed by atoms with Crippen LogP contribution in [0, 0.1) is 6.92 Å². The molecule has 1 aliphatic heterocycles. The number of nitrogens with zero attached hydrogens (tertiary/aromatic N) is 1. The van der Waals surface area contributed by atoms with Crippen LogP contribution in [0.2, 0.25) is 0 Å². The number of aryl methyl sites for hydroxylation is 1. The summed E-state index contributed by atoms with van der Waals surface area (Å²) in [6.45, 7) is 3.99. The lowest BCUT2D eigenvalue weighted by atomic mass is 10.1. The van der Waals surface area contributed by atoms with Crippen molar-refractivity contribution in [1.29, 1.82) is 0 Å². The molecule has 0 bridgehead atoms. The normalized spacial score (nSPS) is 22.5. The molecule has 0 aromatic heterocycles. The van der Waals surface area contributed by atoms with Crippen LogP contribution in [0.25, 0.3) is 0 Å². The lowest BCUT2D eigenvalue weighted by molar-refractivity contribution is 0.139. The minimum absolute atomic E-state index is 0.354. The minimum atomic E-state index is 0.354. The van der Waals surface area contributed by atoms with Gasteiger partial charge in [0, 0.05) is 19.7 Å². The molecular formula is C18H21NO. The topological polar surface area (TPSA) is 12.2 Å². The number of benzene rings is 2. The van der Waals surface area contributed by atoms with Crippen LogP contribution in [0.4, 0.5) is 0 Å². The summed E-state index contributed by atoms with van der Waals surface area (Å²) in [7, 11) is 1.78. The molecule has 1 fully saturated rings. The van der Waals surface area contributed by atoms with Crippen LogP contribution < -0.4 is 0 Å². The Bertz CT molecular complexity index is 549. The average molecular weight is 267 g/mol. The van der Waals surface area contributed by atoms with Gasteiger partial charge in [0.15, 0.2) is 0 Å². The molecule has 0 amide bonds. The van der Waals surface area contributed by atoms with Crippen molar-refractivity contribution in [2.75, 3.05) is 20.3 Å². The summed E-state index contributed by atoms with van der Waals surface area (Å²) in [5, 5.41) is 0. The monoisotopic (exact) mass is 267 g/mol. The van der Waals surface area contributed by atoms with E-state index in [9.17, 15) is 0 Å². The van der Waals surface area contributed by atoms with Crippen molar-refractivity contribution < 1.29 is 4.74 Å². The van der Waals surface area contributed by atoms with Crippen molar-refractivity contribution in [1.82, 2.24) is 4.90 Å². The van der Waals surface area contributed by atoms with Crippen LogP contribution in [0.3, 0.4) is 0 Å². The second kappa shape index (κ2) is 5.78. The van der Waals surface area contributed by atoms with Crippen LogP contribution in [0.15, 0.2) is 54.6 Å². The van der Waals surface area contributed by atoms with Gasteiger partial charge >= 0.3 is 0 Å². The predicted octanol–water partition coefficient (Wildman–Crippen LogP) is 3.74. The zero-order valence-corrected chi connectivity index (χ0v) is 12.1. The van der Waals surface area contributed by atoms with Crippen molar-refractivity contribution in [2.45, 2.75) is 19.0 Å². The number of methoxy groups -OCH3 is 1. The second-order valence-corrected chi connectivity index (χ2v) is 5.51. The summed E-state index contributed by atoms with van der Waals surface area (Å²) in [5.41, 5.74) is 4.06. The molecule has 1 aliphatic rings. The fourth-order valence-electron chi connectivity index (χ4n) is 2.80. The predicted molar refractivity (Wildman–Crippen MR) is 81.7 cm³/mol. The van der Waals surface area contributed by atoms with E-state index in [1.165, 1.54) is 16.7 Å². The number of ether oxygens (including phenoxy) is 1. The minimum Gasteiger partial charge on any atom is -0.383 e. The smallest absolute Gasteiger partial charge is 0.0660 e. The van der Waals surface area contributed by atoms with Gasteiger partial charge in [-0.15, -0.1) is 0 Å². The Morgan fingerprint density at radius 1 is 1.10 bits per heavy atom. The van der Waals surface area contributed by atoms with Gasteiger partial charge in [-0.1, -0.05) is 60.2 Å². The molecule has 104 valence electrons. The van der Waals surface area contributed by atoms with Gasteiger partial charge < -0.3 is 4.74 Å². The van der Waals surface area contributed by atoms with E-state index < -0.39 is 0 Å². The first-order valence-corrected chi connectivity index (χ1v) is 7.16. The third-order valence-corrected chi connectivity index (χ3v) is 4.02. The Kier molecular flexibility index (Phi) is 3.86. The van der Waals surface area contributed by atoms with Crippen LogP contribution in [0.1, 0.15) is 28.8 Å². The molecular weight excluding hydrogens is 246 g/mol. The van der Waals surface area contributed by atoms with Crippen LogP contribution in [0.5, 0.6) is 0 Å². The van der Waals surface area contributed by atoms with E-state index in [4.69, 9.17) is 4.74 Å². The van der Waals surface area contributed by atoms with Gasteiger partial charge in [0.25, 0.3) is 0 Å². The fraction of sp³-hybridized carbons (Fsp3) is 0.333. The highest BCUT2D eigenvalue weighted by molar-refractivity contribution is 5.30. The molecule has 20 heavy (non-hydrogen) atoms. The molecule has 0 spiro atoms. The van der Waals surface area contributed by atoms with E-state index in [2.05, 4.69) is 66.4 Å². The zero-order chi connectivity index (χ0) is 13.9. The van der Waals surface area contributed by atoms with Gasteiger partial charge in [0.05, 0.1) is 12.6 Å². The van der Waals surface area contributed by atoms with E-state index in [0.717, 1.165) is 13.2 Å². The average Bonchev–Trinajstić information content (AvgIpc) is 3.27. The van der Waals surface area contributed by atoms with E-state index in [0.29, 0.717) is 12.1 Å². The highest BCUT2D eigenvalue weighted by Gasteiger charge is 2.41. The fourth-order valence-corrected chi connectivity index (χ4v) is 2.80. The molecule has 1 heterocycles. The van der Waals surface area contributed by atoms with Crippen LogP contribution >= 0.6 is 0 Å². The highest BCUT2D eigenvalue weighted by Crippen LogP contribution is 2.42. The molecule has 2 heteroatoms. The second-order valence-electron chi connectivity index (χ2n) is 5.51. The molecule has 2 nitrogen and oxygen atoms in total. The van der Waals surface area contributed by atoms with Gasteiger partial charge in [-0.3, -0.25) is 4.90 Å². The van der Waals surface area contributed by atoms with Crippen LogP contribution in [-0.2, 0) is 4.74 Å². The lowest BCUT2D eigenvalue weighted by Gasteiger charge is -2.19. The molecule has 1 saturated heterocycles. The van der Waals surface area contributed by atoms with Crippen molar-refractivity contribution in [3.05, 3.63) is 71.3 Å². The quantitative estimate of drug-likeness (QED) is 0.765. The maximum absolute atomic E-state index is 5.42. The van der Waals surface area contributed by atoms with E-state index >= 15 is 0 Å². The first kappa shape index (κ1) is 13.3. The van der Waals surface area contributed by atoms with Gasteiger partial charge in [-0.25, -0.2) is 0 Å². The zero-order valence-electron chi connectivity index (χ0n) is 12.1. The van der Waals surface area contributed by atoms with Gasteiger partial charge in [-0.05, 0) is 18.1 Å². The summed E-state index contributed by atoms with van der Waals surface area (Å²) < 4.78 is 5.42. The molecule has 0 aliphatic carbocycles. The third kappa shape index (κ3) is 2.77. The molecule has 2 aromatic carbocycles. The number of hydrogen-bond donors (Lipinski definition) is 0. The Hall–Kier alpha value is -1.64. The van der Waals surface area contributed by atoms with Gasteiger partial charge in [-0.2, -0.15) is 0 Å². The van der Waals surface area contributed by atoms with Crippen molar-refractivity contribution in [3.8, 4) is 0 Å². The summed E-state index contributed by atoms with van der Waals surface area (Å²) >= 11 is 0. The Balaban J connectivity index is 1.76. The Morgan fingerprint density at radius 3 is 2.45 bits per heavy atom. The van der Waals surface area contributed by atoms with Gasteiger partial charge in [0.2, 0.25) is 0 Å². The molecule has 2 aromatic rings. The summed E-state index contributed by atoms with van der Waals surface area (Å²) in [6.07, 6.45) is 0. The molecule has 0 saturated carbocycles. The van der Waals surface area contributed by atoms with Gasteiger partial charge in [0.1, 0.15) is 0 Å². The summed E-state index contributed by atoms with van der Waals surface area (Å²) in [5.74, 6) is 0. The maximum Gasteiger partial charge on any atom is 0.0660 e.